The van der Waals surface area contributed by atoms with Gasteiger partial charge in [0, 0.05) is 0 Å². The van der Waals surface area contributed by atoms with E-state index < -0.39 is 0 Å². The number of rotatable bonds is 4. The Balaban J connectivity index is 0.000000171. The van der Waals surface area contributed by atoms with Gasteiger partial charge < -0.3 is 24.8 Å². The molecule has 3 aliphatic carbocycles. The van der Waals surface area contributed by atoms with Gasteiger partial charge in [-0.3, -0.25) is 6.08 Å². The topological polar surface area (TPSA) is 0 Å². The van der Waals surface area contributed by atoms with Crippen molar-refractivity contribution >= 4 is 46.3 Å². The summed E-state index contributed by atoms with van der Waals surface area (Å²) < 4.78 is 1.91. The van der Waals surface area contributed by atoms with Gasteiger partial charge >= 0.3 is 116 Å². The standard InChI is InChI=1S/C21H13.C15H26.C5H5.2ClH.Zr/c1-2-8-15-14(7-1)13-20-18-11-4-3-9-16(18)17-10-5-6-12-19(17)21(15)20;1-3-8-14(9-4-1)12-7-13-15-10-5-2-6-11-15;1-2-4-5-3-1;;;/h1-13H;14-15H,1-6,8-13H2;1-3H,4H2;2*1H;/q-1;;-1;;;+2/p-2. The molecular formula is C41H44Cl2Zr-2. The zero-order valence-corrected chi connectivity index (χ0v) is 29.8. The molecule has 3 heteroatoms. The average Bonchev–Trinajstić information content (AvgIpc) is 3.75. The third-order valence-electron chi connectivity index (χ3n) is 9.61. The van der Waals surface area contributed by atoms with Gasteiger partial charge in [-0.25, -0.2) is 12.2 Å². The van der Waals surface area contributed by atoms with Crippen LogP contribution in [0.4, 0.5) is 0 Å². The van der Waals surface area contributed by atoms with E-state index in [1.165, 1.54) is 120 Å². The van der Waals surface area contributed by atoms with E-state index in [0.29, 0.717) is 0 Å². The first-order chi connectivity index (χ1) is 20.8. The molecule has 0 aliphatic heterocycles. The van der Waals surface area contributed by atoms with Crippen molar-refractivity contribution in [3.8, 4) is 0 Å². The molecule has 0 unspecified atom stereocenters. The van der Waals surface area contributed by atoms with E-state index in [9.17, 15) is 0 Å². The number of fused-ring (bicyclic) bond motifs is 8. The maximum absolute atomic E-state index is 2.99. The molecule has 2 fully saturated rings. The molecule has 0 radical (unpaired) electrons. The second kappa shape index (κ2) is 17.7. The predicted octanol–water partition coefficient (Wildman–Crippen LogP) is 5.98. The first-order valence-electron chi connectivity index (χ1n) is 16.4. The molecule has 0 atom stereocenters. The number of allylic oxidation sites excluding steroid dienone is 4. The van der Waals surface area contributed by atoms with Crippen LogP contribution in [0.15, 0.2) is 97.1 Å². The fraction of sp³-hybridized carbons (Fsp3) is 0.366. The molecule has 44 heavy (non-hydrogen) atoms. The summed E-state index contributed by atoms with van der Waals surface area (Å²) in [7, 11) is 0. The third kappa shape index (κ3) is 8.66. The van der Waals surface area contributed by atoms with E-state index in [4.69, 9.17) is 0 Å². The maximum atomic E-state index is 2.99. The Morgan fingerprint density at radius 1 is 0.636 bits per heavy atom. The van der Waals surface area contributed by atoms with Crippen LogP contribution in [-0.4, -0.2) is 3.21 Å². The van der Waals surface area contributed by atoms with Crippen LogP contribution in [0.5, 0.6) is 0 Å². The van der Waals surface area contributed by atoms with E-state index in [1.807, 2.05) is 15.4 Å². The smallest absolute Gasteiger partial charge is 0.0255 e. The molecule has 0 bridgehead atoms. The van der Waals surface area contributed by atoms with Crippen molar-refractivity contribution in [2.45, 2.75) is 83.5 Å². The number of halogens is 2. The van der Waals surface area contributed by atoms with Crippen LogP contribution in [0.3, 0.4) is 0 Å². The first-order valence-corrected chi connectivity index (χ1v) is 17.7. The van der Waals surface area contributed by atoms with Gasteiger partial charge in [0.05, 0.1) is 0 Å². The van der Waals surface area contributed by atoms with E-state index >= 15 is 0 Å². The summed E-state index contributed by atoms with van der Waals surface area (Å²) in [6, 6.07) is 28.5. The van der Waals surface area contributed by atoms with E-state index in [-0.39, 0.29) is 24.8 Å². The molecule has 0 saturated heterocycles. The summed E-state index contributed by atoms with van der Waals surface area (Å²) in [6.45, 7) is 0. The molecule has 8 rings (SSSR count). The predicted molar refractivity (Wildman–Crippen MR) is 181 cm³/mol. The van der Waals surface area contributed by atoms with E-state index in [1.54, 1.807) is 24.2 Å². The fourth-order valence-electron chi connectivity index (χ4n) is 7.52. The van der Waals surface area contributed by atoms with Gasteiger partial charge in [0.25, 0.3) is 0 Å². The van der Waals surface area contributed by atoms with Crippen LogP contribution in [0.1, 0.15) is 83.5 Å². The zero-order valence-electron chi connectivity index (χ0n) is 25.8. The summed E-state index contributed by atoms with van der Waals surface area (Å²) in [5, 5.41) is 10.8. The maximum Gasteiger partial charge on any atom is -0.0255 e. The summed E-state index contributed by atoms with van der Waals surface area (Å²) in [6.07, 6.45) is 28.2. The minimum atomic E-state index is 0. The molecule has 0 nitrogen and oxygen atoms in total. The van der Waals surface area contributed by atoms with Crippen LogP contribution in [0.2, 0.25) is 0 Å². The number of benzene rings is 4. The zero-order chi connectivity index (χ0) is 28.6. The molecule has 0 spiro atoms. The quantitative estimate of drug-likeness (QED) is 0.160. The van der Waals surface area contributed by atoms with Crippen molar-refractivity contribution < 1.29 is 49.0 Å². The van der Waals surface area contributed by atoms with Crippen molar-refractivity contribution in [2.75, 3.05) is 0 Å². The Labute approximate surface area is 291 Å². The molecule has 228 valence electrons. The molecule has 0 amide bonds. The van der Waals surface area contributed by atoms with Crippen LogP contribution in [0.25, 0.3) is 43.1 Å². The summed E-state index contributed by atoms with van der Waals surface area (Å²) in [5.74, 6) is 2.15. The largest absolute Gasteiger partial charge is 0.126 e. The summed E-state index contributed by atoms with van der Waals surface area (Å²) >= 11 is 1.75. The Bertz CT molecular complexity index is 1660. The van der Waals surface area contributed by atoms with Crippen LogP contribution in [0, 0.1) is 17.9 Å². The molecule has 3 aliphatic rings. The molecular weight excluding hydrogens is 655 g/mol. The molecule has 2 saturated carbocycles. The van der Waals surface area contributed by atoms with Crippen molar-refractivity contribution in [3.05, 3.63) is 103 Å². The van der Waals surface area contributed by atoms with E-state index in [0.717, 1.165) is 18.3 Å². The van der Waals surface area contributed by atoms with Crippen molar-refractivity contribution in [2.24, 2.45) is 11.8 Å². The van der Waals surface area contributed by atoms with Crippen molar-refractivity contribution in [3.63, 3.8) is 0 Å². The number of hydrogen-bond acceptors (Lipinski definition) is 0. The molecule has 0 heterocycles. The van der Waals surface area contributed by atoms with Crippen molar-refractivity contribution in [1.82, 2.24) is 0 Å². The number of hydrogen-bond donors (Lipinski definition) is 0. The van der Waals surface area contributed by atoms with Gasteiger partial charge in [-0.05, 0) is 10.8 Å². The van der Waals surface area contributed by atoms with Crippen LogP contribution < -0.4 is 24.8 Å². The normalized spacial score (nSPS) is 16.6. The minimum absolute atomic E-state index is 0. The van der Waals surface area contributed by atoms with Gasteiger partial charge in [0.15, 0.2) is 0 Å². The molecule has 0 aromatic heterocycles. The summed E-state index contributed by atoms with van der Waals surface area (Å²) in [5.41, 5.74) is 0. The van der Waals surface area contributed by atoms with E-state index in [2.05, 4.69) is 91.0 Å². The molecule has 5 aromatic carbocycles. The van der Waals surface area contributed by atoms with Gasteiger partial charge in [0.2, 0.25) is 0 Å². The second-order valence-corrected chi connectivity index (χ2v) is 14.4. The molecule has 5 aromatic rings. The first kappa shape index (κ1) is 34.9. The summed E-state index contributed by atoms with van der Waals surface area (Å²) in [4.78, 5) is 0. The van der Waals surface area contributed by atoms with Gasteiger partial charge in [0.1, 0.15) is 0 Å². The SMILES string of the molecule is [C-]1=CC=CC1.[Cl-].[Cl-].[Zr+2]=[C](CC1CCCCC1)CC1CCCCC1.c1ccc2c(c1)[cH-]c1c3ccccc3c3ccccc3c21. The second-order valence-electron chi connectivity index (χ2n) is 12.6. The third-order valence-corrected chi connectivity index (χ3v) is 10.6. The Morgan fingerprint density at radius 3 is 1.66 bits per heavy atom. The van der Waals surface area contributed by atoms with Crippen molar-refractivity contribution in [1.29, 1.82) is 0 Å². The van der Waals surface area contributed by atoms with Gasteiger partial charge in [-0.15, -0.1) is 40.1 Å². The Morgan fingerprint density at radius 2 is 1.14 bits per heavy atom. The van der Waals surface area contributed by atoms with Gasteiger partial charge in [-0.1, -0.05) is 77.5 Å². The van der Waals surface area contributed by atoms with Crippen LogP contribution in [-0.2, 0) is 24.2 Å². The fourth-order valence-corrected chi connectivity index (χ4v) is 8.94. The van der Waals surface area contributed by atoms with Crippen LogP contribution >= 0.6 is 0 Å². The monoisotopic (exact) mass is 696 g/mol. The Kier molecular flexibility index (Phi) is 14.1. The molecule has 0 N–H and O–H groups in total. The average molecular weight is 699 g/mol. The minimum Gasteiger partial charge on any atom is -0.126 e. The Hall–Kier alpha value is -1.92. The van der Waals surface area contributed by atoms with Gasteiger partial charge in [-0.2, -0.15) is 6.08 Å².